The average molecular weight is 128 g/mol. The van der Waals surface area contributed by atoms with Crippen LogP contribution in [0.3, 0.4) is 0 Å². The Bertz CT molecular complexity index is 124. The summed E-state index contributed by atoms with van der Waals surface area (Å²) in [6, 6.07) is 0. The lowest BCUT2D eigenvalue weighted by Crippen LogP contribution is -2.23. The minimum Gasteiger partial charge on any atom is -0.471 e. The van der Waals surface area contributed by atoms with Crippen molar-refractivity contribution in [2.24, 2.45) is 0 Å². The van der Waals surface area contributed by atoms with Crippen LogP contribution in [-0.2, 0) is 4.74 Å². The fourth-order valence-corrected chi connectivity index (χ4v) is 0.359. The zero-order valence-electron chi connectivity index (χ0n) is 5.99. The van der Waals surface area contributed by atoms with Crippen LogP contribution in [0.2, 0.25) is 0 Å². The summed E-state index contributed by atoms with van der Waals surface area (Å²) >= 11 is 0. The van der Waals surface area contributed by atoms with E-state index in [1.165, 1.54) is 0 Å². The summed E-state index contributed by atoms with van der Waals surface area (Å²) in [7, 11) is 0. The monoisotopic (exact) mass is 128 g/mol. The second kappa shape index (κ2) is 2.62. The molecule has 0 fully saturated rings. The van der Waals surface area contributed by atoms with Crippen molar-refractivity contribution in [2.45, 2.75) is 26.4 Å². The number of ether oxygens (including phenoxy) is 1. The van der Waals surface area contributed by atoms with Gasteiger partial charge in [-0.3, -0.25) is 5.41 Å². The normalized spacial score (nSPS) is 10.6. The first kappa shape index (κ1) is 8.14. The zero-order chi connectivity index (χ0) is 7.49. The summed E-state index contributed by atoms with van der Waals surface area (Å²) in [6.07, 6.45) is 0.880. The predicted octanol–water partition coefficient (Wildman–Crippen LogP) is 1.43. The van der Waals surface area contributed by atoms with Gasteiger partial charge in [0.15, 0.2) is 0 Å². The van der Waals surface area contributed by atoms with Gasteiger partial charge in [-0.25, -0.2) is 0 Å². The van der Waals surface area contributed by atoms with Crippen LogP contribution in [0.1, 0.15) is 20.8 Å². The van der Waals surface area contributed by atoms with Gasteiger partial charge in [-0.1, -0.05) is 0 Å². The van der Waals surface area contributed by atoms with Crippen LogP contribution in [-0.4, -0.2) is 17.7 Å². The van der Waals surface area contributed by atoms with Crippen LogP contribution in [0.25, 0.3) is 0 Å². The standard InChI is InChI=1S/C6H12N2O/c1-6(2,3)9-5(8)4-7/h4,7-8H,1-3H3. The van der Waals surface area contributed by atoms with Crippen LogP contribution in [0, 0.1) is 10.8 Å². The van der Waals surface area contributed by atoms with Gasteiger partial charge in [-0.2, -0.15) is 0 Å². The Morgan fingerprint density at radius 3 is 2.00 bits per heavy atom. The van der Waals surface area contributed by atoms with E-state index in [0.29, 0.717) is 0 Å². The van der Waals surface area contributed by atoms with Gasteiger partial charge in [0.1, 0.15) is 5.60 Å². The number of hydrogen-bond donors (Lipinski definition) is 2. The fraction of sp³-hybridized carbons (Fsp3) is 0.667. The van der Waals surface area contributed by atoms with E-state index in [2.05, 4.69) is 0 Å². The van der Waals surface area contributed by atoms with Crippen LogP contribution < -0.4 is 0 Å². The predicted molar refractivity (Wildman–Crippen MR) is 37.3 cm³/mol. The Kier molecular flexibility index (Phi) is 2.37. The summed E-state index contributed by atoms with van der Waals surface area (Å²) in [4.78, 5) is 0. The Morgan fingerprint density at radius 1 is 1.44 bits per heavy atom. The van der Waals surface area contributed by atoms with Gasteiger partial charge in [0.05, 0.1) is 6.21 Å². The third-order valence-electron chi connectivity index (χ3n) is 0.547. The molecular formula is C6H12N2O. The third kappa shape index (κ3) is 5.00. The molecule has 0 aromatic heterocycles. The minimum atomic E-state index is -0.353. The van der Waals surface area contributed by atoms with E-state index in [-0.39, 0.29) is 11.5 Å². The molecule has 0 spiro atoms. The largest absolute Gasteiger partial charge is 0.471 e. The summed E-state index contributed by atoms with van der Waals surface area (Å²) in [5, 5.41) is 13.5. The maximum Gasteiger partial charge on any atom is 0.224 e. The molecule has 0 aromatic rings. The van der Waals surface area contributed by atoms with E-state index in [4.69, 9.17) is 15.6 Å². The van der Waals surface area contributed by atoms with Crippen molar-refractivity contribution >= 4 is 12.1 Å². The van der Waals surface area contributed by atoms with Crippen LogP contribution in [0.4, 0.5) is 0 Å². The highest BCUT2D eigenvalue weighted by Gasteiger charge is 2.11. The van der Waals surface area contributed by atoms with Crippen molar-refractivity contribution in [3.8, 4) is 0 Å². The van der Waals surface area contributed by atoms with Crippen molar-refractivity contribution < 1.29 is 4.74 Å². The molecule has 3 nitrogen and oxygen atoms in total. The second-order valence-electron chi connectivity index (χ2n) is 2.72. The van der Waals surface area contributed by atoms with E-state index in [0.717, 1.165) is 6.21 Å². The van der Waals surface area contributed by atoms with Gasteiger partial charge in [0.2, 0.25) is 5.90 Å². The molecular weight excluding hydrogens is 116 g/mol. The van der Waals surface area contributed by atoms with Crippen LogP contribution in [0.15, 0.2) is 0 Å². The van der Waals surface area contributed by atoms with E-state index >= 15 is 0 Å². The number of rotatable bonds is 1. The lowest BCUT2D eigenvalue weighted by atomic mass is 10.2. The fourth-order valence-electron chi connectivity index (χ4n) is 0.359. The average Bonchev–Trinajstić information content (AvgIpc) is 1.62. The zero-order valence-corrected chi connectivity index (χ0v) is 5.99. The first-order chi connectivity index (χ1) is 3.95. The lowest BCUT2D eigenvalue weighted by molar-refractivity contribution is 0.119. The molecule has 0 aromatic carbocycles. The summed E-state index contributed by atoms with van der Waals surface area (Å²) in [5.74, 6) is -0.0949. The molecule has 0 atom stereocenters. The molecule has 0 unspecified atom stereocenters. The molecule has 0 bridgehead atoms. The Morgan fingerprint density at radius 2 is 1.89 bits per heavy atom. The van der Waals surface area contributed by atoms with Gasteiger partial charge in [0, 0.05) is 0 Å². The molecule has 0 saturated carbocycles. The summed E-state index contributed by atoms with van der Waals surface area (Å²) < 4.78 is 4.93. The molecule has 3 heteroatoms. The van der Waals surface area contributed by atoms with Gasteiger partial charge in [-0.05, 0) is 20.8 Å². The van der Waals surface area contributed by atoms with Gasteiger partial charge in [0.25, 0.3) is 0 Å². The molecule has 52 valence electrons. The lowest BCUT2D eigenvalue weighted by Gasteiger charge is -2.19. The van der Waals surface area contributed by atoms with Gasteiger partial charge < -0.3 is 10.1 Å². The SMILES string of the molecule is CC(C)(C)OC(=N)C=N. The van der Waals surface area contributed by atoms with E-state index in [1.54, 1.807) is 0 Å². The highest BCUT2D eigenvalue weighted by atomic mass is 16.5. The van der Waals surface area contributed by atoms with Crippen LogP contribution >= 0.6 is 0 Å². The molecule has 0 aliphatic rings. The summed E-state index contributed by atoms with van der Waals surface area (Å²) in [6.45, 7) is 5.52. The minimum absolute atomic E-state index is 0.0949. The quantitative estimate of drug-likeness (QED) is 0.407. The highest BCUT2D eigenvalue weighted by molar-refractivity contribution is 6.23. The molecule has 0 aliphatic carbocycles. The second-order valence-corrected chi connectivity index (χ2v) is 2.72. The van der Waals surface area contributed by atoms with Crippen molar-refractivity contribution in [3.05, 3.63) is 0 Å². The number of nitrogens with one attached hydrogen (secondary N) is 2. The van der Waals surface area contributed by atoms with E-state index in [1.807, 2.05) is 20.8 Å². The number of hydrogen-bond acceptors (Lipinski definition) is 3. The maximum absolute atomic E-state index is 6.93. The van der Waals surface area contributed by atoms with Crippen molar-refractivity contribution in [1.82, 2.24) is 0 Å². The molecule has 0 amide bonds. The Hall–Kier alpha value is -0.860. The topological polar surface area (TPSA) is 56.9 Å². The molecule has 0 radical (unpaired) electrons. The van der Waals surface area contributed by atoms with Crippen molar-refractivity contribution in [3.63, 3.8) is 0 Å². The maximum atomic E-state index is 6.93. The molecule has 9 heavy (non-hydrogen) atoms. The first-order valence-electron chi connectivity index (χ1n) is 2.74. The van der Waals surface area contributed by atoms with Crippen LogP contribution in [0.5, 0.6) is 0 Å². The molecule has 0 heterocycles. The summed E-state index contributed by atoms with van der Waals surface area (Å²) in [5.41, 5.74) is -0.353. The molecule has 2 N–H and O–H groups in total. The molecule has 0 rings (SSSR count). The van der Waals surface area contributed by atoms with Gasteiger partial charge in [-0.15, -0.1) is 0 Å². The van der Waals surface area contributed by atoms with E-state index in [9.17, 15) is 0 Å². The molecule has 0 saturated heterocycles. The first-order valence-corrected chi connectivity index (χ1v) is 2.74. The van der Waals surface area contributed by atoms with Crippen molar-refractivity contribution in [2.75, 3.05) is 0 Å². The highest BCUT2D eigenvalue weighted by Crippen LogP contribution is 2.05. The van der Waals surface area contributed by atoms with Crippen molar-refractivity contribution in [1.29, 1.82) is 10.8 Å². The third-order valence-corrected chi connectivity index (χ3v) is 0.547. The van der Waals surface area contributed by atoms with E-state index < -0.39 is 0 Å². The Labute approximate surface area is 55.0 Å². The smallest absolute Gasteiger partial charge is 0.224 e. The van der Waals surface area contributed by atoms with Gasteiger partial charge >= 0.3 is 0 Å². The Balaban J connectivity index is 3.74. The molecule has 0 aliphatic heterocycles.